The van der Waals surface area contributed by atoms with Crippen LogP contribution in [0.2, 0.25) is 5.02 Å². The van der Waals surface area contributed by atoms with E-state index in [1.54, 1.807) is 0 Å². The minimum atomic E-state index is -0.849. The third-order valence-corrected chi connectivity index (χ3v) is 3.59. The maximum atomic E-state index is 13.6. The van der Waals surface area contributed by atoms with Gasteiger partial charge in [-0.2, -0.15) is 0 Å². The van der Waals surface area contributed by atoms with E-state index in [-0.39, 0.29) is 16.5 Å². The van der Waals surface area contributed by atoms with Gasteiger partial charge in [0.15, 0.2) is 6.61 Å². The zero-order valence-corrected chi connectivity index (χ0v) is 15.5. The summed E-state index contributed by atoms with van der Waals surface area (Å²) in [6.07, 6.45) is 2.51. The van der Waals surface area contributed by atoms with E-state index in [0.717, 1.165) is 12.2 Å². The highest BCUT2D eigenvalue weighted by atomic mass is 35.5. The van der Waals surface area contributed by atoms with Crippen molar-refractivity contribution in [1.82, 2.24) is 5.32 Å². The van der Waals surface area contributed by atoms with E-state index in [1.807, 2.05) is 13.8 Å². The number of benzene rings is 1. The van der Waals surface area contributed by atoms with E-state index in [1.165, 1.54) is 25.3 Å². The lowest BCUT2D eigenvalue weighted by Gasteiger charge is -2.18. The molecule has 0 saturated carbocycles. The van der Waals surface area contributed by atoms with Crippen LogP contribution in [0.15, 0.2) is 24.3 Å². The fourth-order valence-electron chi connectivity index (χ4n) is 2.07. The molecule has 0 saturated heterocycles. The number of amides is 1. The van der Waals surface area contributed by atoms with Gasteiger partial charge < -0.3 is 14.8 Å². The van der Waals surface area contributed by atoms with Gasteiger partial charge in [-0.15, -0.1) is 0 Å². The molecule has 1 atom stereocenters. The smallest absolute Gasteiger partial charge is 0.331 e. The van der Waals surface area contributed by atoms with Crippen LogP contribution in [0.5, 0.6) is 0 Å². The Hall–Kier alpha value is -2.41. The van der Waals surface area contributed by atoms with Gasteiger partial charge in [-0.3, -0.25) is 4.79 Å². The van der Waals surface area contributed by atoms with Crippen molar-refractivity contribution >= 4 is 35.5 Å². The molecular formula is C18H21ClFNO5. The van der Waals surface area contributed by atoms with E-state index in [9.17, 15) is 18.8 Å². The van der Waals surface area contributed by atoms with Crippen LogP contribution in [0.4, 0.5) is 4.39 Å². The predicted octanol–water partition coefficient (Wildman–Crippen LogP) is 2.74. The van der Waals surface area contributed by atoms with Crippen LogP contribution in [0.3, 0.4) is 0 Å². The molecular weight excluding hydrogens is 365 g/mol. The quantitative estimate of drug-likeness (QED) is 0.549. The summed E-state index contributed by atoms with van der Waals surface area (Å²) < 4.78 is 23.0. The molecule has 0 fully saturated rings. The maximum Gasteiger partial charge on any atom is 0.331 e. The fraction of sp³-hybridized carbons (Fsp3) is 0.389. The number of halogens is 2. The summed E-state index contributed by atoms with van der Waals surface area (Å²) in [5.41, 5.74) is 0.0401. The number of methoxy groups -OCH3 is 1. The highest BCUT2D eigenvalue weighted by Crippen LogP contribution is 2.20. The Balaban J connectivity index is 2.56. The van der Waals surface area contributed by atoms with Crippen molar-refractivity contribution in [2.75, 3.05) is 13.7 Å². The van der Waals surface area contributed by atoms with Crippen molar-refractivity contribution in [3.05, 3.63) is 40.7 Å². The third-order valence-electron chi connectivity index (χ3n) is 3.26. The largest absolute Gasteiger partial charge is 0.467 e. The number of carbonyl (C=O) groups is 3. The molecule has 0 aliphatic carbocycles. The molecule has 26 heavy (non-hydrogen) atoms. The molecule has 142 valence electrons. The summed E-state index contributed by atoms with van der Waals surface area (Å²) in [4.78, 5) is 35.1. The molecule has 0 aliphatic rings. The van der Waals surface area contributed by atoms with Crippen LogP contribution >= 0.6 is 11.6 Å². The second-order valence-corrected chi connectivity index (χ2v) is 6.26. The number of hydrogen-bond donors (Lipinski definition) is 1. The number of rotatable bonds is 8. The molecule has 0 aliphatic heterocycles. The monoisotopic (exact) mass is 385 g/mol. The Morgan fingerprint density at radius 3 is 2.58 bits per heavy atom. The summed E-state index contributed by atoms with van der Waals surface area (Å²) in [6, 6.07) is 3.29. The molecule has 1 amide bonds. The first-order chi connectivity index (χ1) is 12.2. The molecule has 1 N–H and O–H groups in total. The summed E-state index contributed by atoms with van der Waals surface area (Å²) in [5.74, 6) is -2.51. The fourth-order valence-corrected chi connectivity index (χ4v) is 2.30. The molecule has 0 heterocycles. The highest BCUT2D eigenvalue weighted by Gasteiger charge is 2.22. The lowest BCUT2D eigenvalue weighted by Crippen LogP contribution is -2.44. The van der Waals surface area contributed by atoms with Crippen molar-refractivity contribution < 1.29 is 28.2 Å². The summed E-state index contributed by atoms with van der Waals surface area (Å²) in [5, 5.41) is 2.59. The van der Waals surface area contributed by atoms with Crippen LogP contribution in [0, 0.1) is 11.7 Å². The second-order valence-electron chi connectivity index (χ2n) is 5.85. The molecule has 0 radical (unpaired) electrons. The minimum Gasteiger partial charge on any atom is -0.467 e. The maximum absolute atomic E-state index is 13.6. The summed E-state index contributed by atoms with van der Waals surface area (Å²) in [7, 11) is 1.22. The van der Waals surface area contributed by atoms with Crippen LogP contribution in [0.1, 0.15) is 25.8 Å². The van der Waals surface area contributed by atoms with E-state index in [2.05, 4.69) is 10.1 Å². The van der Waals surface area contributed by atoms with E-state index < -0.39 is 36.3 Å². The highest BCUT2D eigenvalue weighted by molar-refractivity contribution is 6.32. The van der Waals surface area contributed by atoms with E-state index in [0.29, 0.717) is 6.42 Å². The standard InChI is InChI=1S/C18H21ClFNO5/c1-11(2)9-15(18(24)25-3)21-16(22)10-26-17(23)8-7-12-13(19)5-4-6-14(12)20/h4-8,11,15H,9-10H2,1-3H3,(H,21,22)/b8-7+/t15-/m1/s1. The lowest BCUT2D eigenvalue weighted by molar-refractivity contribution is -0.148. The molecule has 1 rings (SSSR count). The van der Waals surface area contributed by atoms with E-state index >= 15 is 0 Å². The van der Waals surface area contributed by atoms with Gasteiger partial charge in [0.2, 0.25) is 0 Å². The summed E-state index contributed by atoms with van der Waals surface area (Å²) >= 11 is 5.83. The molecule has 0 unspecified atom stereocenters. The van der Waals surface area contributed by atoms with Gasteiger partial charge in [0.05, 0.1) is 12.1 Å². The Bertz CT molecular complexity index is 670. The van der Waals surface area contributed by atoms with Crippen LogP contribution < -0.4 is 5.32 Å². The second kappa shape index (κ2) is 10.6. The molecule has 8 heteroatoms. The molecule has 1 aromatic carbocycles. The molecule has 6 nitrogen and oxygen atoms in total. The van der Waals surface area contributed by atoms with Gasteiger partial charge in [0, 0.05) is 11.6 Å². The van der Waals surface area contributed by atoms with Gasteiger partial charge in [-0.25, -0.2) is 14.0 Å². The first-order valence-electron chi connectivity index (χ1n) is 7.90. The normalized spacial score (nSPS) is 12.1. The Morgan fingerprint density at radius 1 is 1.31 bits per heavy atom. The van der Waals surface area contributed by atoms with Crippen molar-refractivity contribution in [2.45, 2.75) is 26.3 Å². The van der Waals surface area contributed by atoms with E-state index in [4.69, 9.17) is 16.3 Å². The predicted molar refractivity (Wildman–Crippen MR) is 94.8 cm³/mol. The van der Waals surface area contributed by atoms with Crippen molar-refractivity contribution in [3.8, 4) is 0 Å². The number of nitrogens with one attached hydrogen (secondary N) is 1. The molecule has 1 aromatic rings. The first-order valence-corrected chi connectivity index (χ1v) is 8.28. The van der Waals surface area contributed by atoms with Crippen molar-refractivity contribution in [2.24, 2.45) is 5.92 Å². The average Bonchev–Trinajstić information content (AvgIpc) is 2.57. The van der Waals surface area contributed by atoms with Gasteiger partial charge in [-0.05, 0) is 30.5 Å². The van der Waals surface area contributed by atoms with Crippen LogP contribution in [-0.4, -0.2) is 37.6 Å². The Kier molecular flexibility index (Phi) is 8.78. The average molecular weight is 386 g/mol. The van der Waals surface area contributed by atoms with Crippen molar-refractivity contribution in [3.63, 3.8) is 0 Å². The number of hydrogen-bond acceptors (Lipinski definition) is 5. The third kappa shape index (κ3) is 7.23. The van der Waals surface area contributed by atoms with Crippen LogP contribution in [0.25, 0.3) is 6.08 Å². The molecule has 0 spiro atoms. The minimum absolute atomic E-state index is 0.0401. The zero-order valence-electron chi connectivity index (χ0n) is 14.8. The first kappa shape index (κ1) is 21.6. The van der Waals surface area contributed by atoms with Gasteiger partial charge in [-0.1, -0.05) is 31.5 Å². The molecule has 0 bridgehead atoms. The Labute approximate surface area is 156 Å². The topological polar surface area (TPSA) is 81.7 Å². The Morgan fingerprint density at radius 2 is 2.00 bits per heavy atom. The number of ether oxygens (including phenoxy) is 2. The van der Waals surface area contributed by atoms with Crippen molar-refractivity contribution in [1.29, 1.82) is 0 Å². The SMILES string of the molecule is COC(=O)[C@@H](CC(C)C)NC(=O)COC(=O)/C=C/c1c(F)cccc1Cl. The van der Waals surface area contributed by atoms with Gasteiger partial charge in [0.25, 0.3) is 5.91 Å². The summed E-state index contributed by atoms with van der Waals surface area (Å²) in [6.45, 7) is 3.20. The lowest BCUT2D eigenvalue weighted by atomic mass is 10.0. The van der Waals surface area contributed by atoms with Gasteiger partial charge in [0.1, 0.15) is 11.9 Å². The number of esters is 2. The molecule has 0 aromatic heterocycles. The number of carbonyl (C=O) groups excluding carboxylic acids is 3. The van der Waals surface area contributed by atoms with Gasteiger partial charge >= 0.3 is 11.9 Å². The van der Waals surface area contributed by atoms with Crippen LogP contribution in [-0.2, 0) is 23.9 Å². The zero-order chi connectivity index (χ0) is 19.7.